The van der Waals surface area contributed by atoms with Crippen molar-refractivity contribution in [3.05, 3.63) is 10.6 Å². The molecular weight excluding hydrogens is 182 g/mol. The van der Waals surface area contributed by atoms with E-state index in [1.165, 1.54) is 10.6 Å². The average molecular weight is 199 g/mol. The lowest BCUT2D eigenvalue weighted by Gasteiger charge is -2.00. The molecule has 4 heteroatoms. The van der Waals surface area contributed by atoms with Gasteiger partial charge in [-0.05, 0) is 13.0 Å². The fraction of sp³-hybridized carbons (Fsp3) is 0.667. The molecule has 0 aliphatic rings. The molecule has 0 bridgehead atoms. The number of nitrogens with two attached hydrogens (primary N) is 1. The third-order valence-corrected chi connectivity index (χ3v) is 2.74. The summed E-state index contributed by atoms with van der Waals surface area (Å²) in [7, 11) is 0. The number of hydrogen-bond acceptors (Lipinski definition) is 4. The number of anilines is 1. The highest BCUT2D eigenvalue weighted by molar-refractivity contribution is 7.15. The molecule has 0 saturated heterocycles. The number of thiazole rings is 1. The van der Waals surface area contributed by atoms with Crippen molar-refractivity contribution in [1.82, 2.24) is 10.3 Å². The van der Waals surface area contributed by atoms with Crippen molar-refractivity contribution in [1.29, 1.82) is 0 Å². The monoisotopic (exact) mass is 199 g/mol. The number of aryl methyl sites for hydroxylation is 1. The summed E-state index contributed by atoms with van der Waals surface area (Å²) in [4.78, 5) is 5.60. The lowest BCUT2D eigenvalue weighted by atomic mass is 10.2. The van der Waals surface area contributed by atoms with E-state index >= 15 is 0 Å². The third kappa shape index (κ3) is 2.97. The maximum atomic E-state index is 5.66. The van der Waals surface area contributed by atoms with Crippen molar-refractivity contribution in [3.8, 4) is 0 Å². The van der Waals surface area contributed by atoms with Crippen LogP contribution in [0.25, 0.3) is 0 Å². The summed E-state index contributed by atoms with van der Waals surface area (Å²) in [6.45, 7) is 6.15. The van der Waals surface area contributed by atoms with Crippen LogP contribution in [0, 0.1) is 0 Å². The lowest BCUT2D eigenvalue weighted by molar-refractivity contribution is 0.723. The van der Waals surface area contributed by atoms with Crippen LogP contribution in [-0.4, -0.2) is 11.5 Å². The third-order valence-electron chi connectivity index (χ3n) is 1.82. The molecule has 0 atom stereocenters. The Hall–Kier alpha value is -0.610. The molecule has 1 aromatic rings. The minimum absolute atomic E-state index is 0.691. The van der Waals surface area contributed by atoms with Crippen molar-refractivity contribution >= 4 is 16.5 Å². The van der Waals surface area contributed by atoms with Crippen LogP contribution in [0.5, 0.6) is 0 Å². The first-order chi connectivity index (χ1) is 6.27. The minimum atomic E-state index is 0.691. The van der Waals surface area contributed by atoms with E-state index in [9.17, 15) is 0 Å². The van der Waals surface area contributed by atoms with Gasteiger partial charge in [-0.3, -0.25) is 0 Å². The minimum Gasteiger partial charge on any atom is -0.375 e. The second-order valence-corrected chi connectivity index (χ2v) is 4.07. The molecular formula is C9H17N3S. The van der Waals surface area contributed by atoms with E-state index in [1.54, 1.807) is 11.3 Å². The highest BCUT2D eigenvalue weighted by Crippen LogP contribution is 2.21. The fourth-order valence-electron chi connectivity index (χ4n) is 1.21. The van der Waals surface area contributed by atoms with E-state index < -0.39 is 0 Å². The number of nitrogens with one attached hydrogen (secondary N) is 1. The number of aromatic nitrogens is 1. The molecule has 3 nitrogen and oxygen atoms in total. The van der Waals surface area contributed by atoms with Crippen LogP contribution in [0.1, 0.15) is 30.8 Å². The molecule has 0 unspecified atom stereocenters. The average Bonchev–Trinajstić information content (AvgIpc) is 2.44. The molecule has 0 spiro atoms. The van der Waals surface area contributed by atoms with Crippen molar-refractivity contribution in [2.75, 3.05) is 12.3 Å². The predicted octanol–water partition coefficient (Wildman–Crippen LogP) is 1.79. The quantitative estimate of drug-likeness (QED) is 0.760. The van der Waals surface area contributed by atoms with Crippen LogP contribution in [0.3, 0.4) is 0 Å². The molecule has 0 radical (unpaired) electrons. The van der Waals surface area contributed by atoms with Crippen molar-refractivity contribution in [2.24, 2.45) is 0 Å². The van der Waals surface area contributed by atoms with Crippen LogP contribution >= 0.6 is 11.3 Å². The number of nitrogens with zero attached hydrogens (tertiary/aromatic N) is 1. The maximum Gasteiger partial charge on any atom is 0.180 e. The summed E-state index contributed by atoms with van der Waals surface area (Å²) in [5.41, 5.74) is 6.83. The molecule has 0 aliphatic carbocycles. The molecule has 0 fully saturated rings. The largest absolute Gasteiger partial charge is 0.375 e. The summed E-state index contributed by atoms with van der Waals surface area (Å²) in [6, 6.07) is 0. The predicted molar refractivity (Wildman–Crippen MR) is 57.9 cm³/mol. The Morgan fingerprint density at radius 3 is 2.85 bits per heavy atom. The van der Waals surface area contributed by atoms with Gasteiger partial charge in [0.15, 0.2) is 5.13 Å². The summed E-state index contributed by atoms with van der Waals surface area (Å²) < 4.78 is 0. The normalized spacial score (nSPS) is 10.6. The zero-order valence-corrected chi connectivity index (χ0v) is 9.08. The Labute approximate surface area is 83.4 Å². The van der Waals surface area contributed by atoms with Crippen LogP contribution in [-0.2, 0) is 13.0 Å². The van der Waals surface area contributed by atoms with E-state index in [1.807, 2.05) is 0 Å². The van der Waals surface area contributed by atoms with Gasteiger partial charge >= 0.3 is 0 Å². The molecule has 3 N–H and O–H groups in total. The van der Waals surface area contributed by atoms with E-state index in [0.717, 1.165) is 25.9 Å². The van der Waals surface area contributed by atoms with Crippen molar-refractivity contribution < 1.29 is 0 Å². The van der Waals surface area contributed by atoms with Crippen LogP contribution in [0.4, 0.5) is 5.13 Å². The first-order valence-electron chi connectivity index (χ1n) is 4.72. The maximum absolute atomic E-state index is 5.66. The Morgan fingerprint density at radius 1 is 1.46 bits per heavy atom. The lowest BCUT2D eigenvalue weighted by Crippen LogP contribution is -2.11. The van der Waals surface area contributed by atoms with Gasteiger partial charge in [-0.15, -0.1) is 11.3 Å². The Bertz CT molecular complexity index is 257. The number of nitrogen functional groups attached to an aromatic ring is 1. The van der Waals surface area contributed by atoms with Crippen molar-refractivity contribution in [3.63, 3.8) is 0 Å². The second-order valence-electron chi connectivity index (χ2n) is 2.95. The molecule has 1 aromatic heterocycles. The zero-order chi connectivity index (χ0) is 9.68. The molecule has 13 heavy (non-hydrogen) atoms. The van der Waals surface area contributed by atoms with Crippen LogP contribution < -0.4 is 11.1 Å². The van der Waals surface area contributed by atoms with E-state index in [0.29, 0.717) is 5.13 Å². The molecule has 0 saturated carbocycles. The summed E-state index contributed by atoms with van der Waals surface area (Å²) in [6.07, 6.45) is 2.16. The fourth-order valence-corrected chi connectivity index (χ4v) is 2.06. The van der Waals surface area contributed by atoms with Gasteiger partial charge in [0.2, 0.25) is 0 Å². The van der Waals surface area contributed by atoms with Gasteiger partial charge in [-0.1, -0.05) is 20.3 Å². The van der Waals surface area contributed by atoms with Crippen LogP contribution in [0.2, 0.25) is 0 Å². The molecule has 0 aliphatic heterocycles. The molecule has 74 valence electrons. The molecule has 1 rings (SSSR count). The summed E-state index contributed by atoms with van der Waals surface area (Å²) in [5, 5.41) is 3.98. The SMILES string of the molecule is CCCc1nc(N)sc1CNCC. The van der Waals surface area contributed by atoms with Gasteiger partial charge in [-0.25, -0.2) is 4.98 Å². The smallest absolute Gasteiger partial charge is 0.180 e. The highest BCUT2D eigenvalue weighted by Gasteiger charge is 2.07. The first kappa shape index (κ1) is 10.5. The van der Waals surface area contributed by atoms with Crippen LogP contribution in [0.15, 0.2) is 0 Å². The topological polar surface area (TPSA) is 50.9 Å². The van der Waals surface area contributed by atoms with E-state index in [4.69, 9.17) is 5.73 Å². The van der Waals surface area contributed by atoms with Gasteiger partial charge < -0.3 is 11.1 Å². The standard InChI is InChI=1S/C9H17N3S/c1-3-5-7-8(6-11-4-2)13-9(10)12-7/h11H,3-6H2,1-2H3,(H2,10,12). The first-order valence-corrected chi connectivity index (χ1v) is 5.54. The summed E-state index contributed by atoms with van der Waals surface area (Å²) >= 11 is 1.60. The van der Waals surface area contributed by atoms with Crippen molar-refractivity contribution in [2.45, 2.75) is 33.2 Å². The van der Waals surface area contributed by atoms with E-state index in [-0.39, 0.29) is 0 Å². The second kappa shape index (κ2) is 5.19. The molecule has 0 aromatic carbocycles. The Balaban J connectivity index is 2.66. The zero-order valence-electron chi connectivity index (χ0n) is 8.26. The molecule has 0 amide bonds. The van der Waals surface area contributed by atoms with Gasteiger partial charge in [0.05, 0.1) is 5.69 Å². The van der Waals surface area contributed by atoms with Gasteiger partial charge in [0, 0.05) is 11.4 Å². The summed E-state index contributed by atoms with van der Waals surface area (Å²) in [5.74, 6) is 0. The Morgan fingerprint density at radius 2 is 2.23 bits per heavy atom. The van der Waals surface area contributed by atoms with Gasteiger partial charge in [0.25, 0.3) is 0 Å². The van der Waals surface area contributed by atoms with E-state index in [2.05, 4.69) is 24.1 Å². The van der Waals surface area contributed by atoms with Gasteiger partial charge in [-0.2, -0.15) is 0 Å². The molecule has 1 heterocycles. The highest BCUT2D eigenvalue weighted by atomic mass is 32.1. The number of hydrogen-bond donors (Lipinski definition) is 2. The number of rotatable bonds is 5. The Kier molecular flexibility index (Phi) is 4.18. The van der Waals surface area contributed by atoms with Gasteiger partial charge in [0.1, 0.15) is 0 Å².